The quantitative estimate of drug-likeness (QED) is 0.885. The van der Waals surface area contributed by atoms with Crippen LogP contribution >= 0.6 is 0 Å². The first-order valence-corrected chi connectivity index (χ1v) is 8.01. The van der Waals surface area contributed by atoms with Crippen LogP contribution in [0.3, 0.4) is 0 Å². The molecule has 0 aliphatic heterocycles. The van der Waals surface area contributed by atoms with E-state index in [4.69, 9.17) is 0 Å². The minimum absolute atomic E-state index is 0.00161. The van der Waals surface area contributed by atoms with Gasteiger partial charge in [0.2, 0.25) is 15.9 Å². The number of amides is 1. The molecular weight excluding hydrogens is 307 g/mol. The fraction of sp³-hybridized carbons (Fsp3) is 0.133. The highest BCUT2D eigenvalue weighted by atomic mass is 32.2. The maximum Gasteiger partial charge on any atom is 0.242 e. The Labute approximate surface area is 128 Å². The predicted octanol–water partition coefficient (Wildman–Crippen LogP) is 2.13. The van der Waals surface area contributed by atoms with Crippen LogP contribution in [0, 0.1) is 5.82 Å². The Bertz CT molecular complexity index is 763. The smallest absolute Gasteiger partial charge is 0.242 e. The van der Waals surface area contributed by atoms with E-state index in [1.54, 1.807) is 24.3 Å². The molecule has 5 nitrogen and oxygen atoms in total. The summed E-state index contributed by atoms with van der Waals surface area (Å²) in [4.78, 5) is 12.0. The van der Waals surface area contributed by atoms with Crippen LogP contribution in [0.1, 0.15) is 6.92 Å². The van der Waals surface area contributed by atoms with E-state index in [0.717, 1.165) is 0 Å². The summed E-state index contributed by atoms with van der Waals surface area (Å²) in [6.45, 7) is 1.39. The molecular formula is C15H15FN2O3S. The Hall–Kier alpha value is -2.25. The van der Waals surface area contributed by atoms with E-state index in [1.807, 2.05) is 0 Å². The molecule has 2 aromatic rings. The zero-order chi connectivity index (χ0) is 16.2. The molecule has 0 heterocycles. The van der Waals surface area contributed by atoms with Gasteiger partial charge in [-0.25, -0.2) is 12.8 Å². The largest absolute Gasteiger partial charge is 0.322 e. The lowest BCUT2D eigenvalue weighted by atomic mass is 10.2. The second kappa shape index (κ2) is 6.67. The normalized spacial score (nSPS) is 12.6. The van der Waals surface area contributed by atoms with E-state index < -0.39 is 27.8 Å². The lowest BCUT2D eigenvalue weighted by Gasteiger charge is -2.14. The molecule has 2 rings (SSSR count). The summed E-state index contributed by atoms with van der Waals surface area (Å²) in [7, 11) is -3.81. The number of benzene rings is 2. The molecule has 0 bridgehead atoms. The first kappa shape index (κ1) is 16.1. The molecule has 0 aliphatic rings. The lowest BCUT2D eigenvalue weighted by molar-refractivity contribution is -0.117. The van der Waals surface area contributed by atoms with E-state index in [0.29, 0.717) is 0 Å². The second-order valence-electron chi connectivity index (χ2n) is 4.63. The molecule has 1 amide bonds. The summed E-state index contributed by atoms with van der Waals surface area (Å²) in [6, 6.07) is 12.3. The number of rotatable bonds is 5. The highest BCUT2D eigenvalue weighted by molar-refractivity contribution is 7.89. The molecule has 2 N–H and O–H groups in total. The number of para-hydroxylation sites is 1. The predicted molar refractivity (Wildman–Crippen MR) is 81.3 cm³/mol. The summed E-state index contributed by atoms with van der Waals surface area (Å²) < 4.78 is 39.9. The molecule has 0 spiro atoms. The maximum absolute atomic E-state index is 13.5. The van der Waals surface area contributed by atoms with Crippen LogP contribution in [0.4, 0.5) is 10.1 Å². The van der Waals surface area contributed by atoms with Crippen molar-refractivity contribution in [3.05, 3.63) is 60.4 Å². The van der Waals surface area contributed by atoms with Gasteiger partial charge in [-0.15, -0.1) is 0 Å². The number of nitrogens with one attached hydrogen (secondary N) is 2. The number of sulfonamides is 1. The third kappa shape index (κ3) is 3.90. The number of anilines is 1. The lowest BCUT2D eigenvalue weighted by Crippen LogP contribution is -2.41. The number of hydrogen-bond donors (Lipinski definition) is 2. The topological polar surface area (TPSA) is 75.3 Å². The van der Waals surface area contributed by atoms with Gasteiger partial charge in [-0.3, -0.25) is 4.79 Å². The zero-order valence-electron chi connectivity index (χ0n) is 11.8. The van der Waals surface area contributed by atoms with E-state index in [1.165, 1.54) is 37.3 Å². The van der Waals surface area contributed by atoms with E-state index in [9.17, 15) is 17.6 Å². The molecule has 0 radical (unpaired) electrons. The van der Waals surface area contributed by atoms with Crippen LogP contribution in [0.5, 0.6) is 0 Å². The molecule has 0 aliphatic carbocycles. The van der Waals surface area contributed by atoms with Gasteiger partial charge in [0.25, 0.3) is 0 Å². The second-order valence-corrected chi connectivity index (χ2v) is 6.34. The van der Waals surface area contributed by atoms with Crippen molar-refractivity contribution in [3.8, 4) is 0 Å². The Morgan fingerprint density at radius 1 is 1.05 bits per heavy atom. The number of halogens is 1. The van der Waals surface area contributed by atoms with Gasteiger partial charge in [-0.1, -0.05) is 30.3 Å². The Morgan fingerprint density at radius 3 is 2.27 bits per heavy atom. The molecule has 1 unspecified atom stereocenters. The van der Waals surface area contributed by atoms with Crippen molar-refractivity contribution in [1.82, 2.24) is 4.72 Å². The Morgan fingerprint density at radius 2 is 1.64 bits per heavy atom. The molecule has 116 valence electrons. The van der Waals surface area contributed by atoms with E-state index in [2.05, 4.69) is 10.0 Å². The van der Waals surface area contributed by atoms with Gasteiger partial charge in [0.1, 0.15) is 5.82 Å². The van der Waals surface area contributed by atoms with Crippen LogP contribution in [0.2, 0.25) is 0 Å². The SMILES string of the molecule is CC(NS(=O)(=O)c1ccccc1)C(=O)Nc1ccccc1F. The van der Waals surface area contributed by atoms with Crippen molar-refractivity contribution in [2.75, 3.05) is 5.32 Å². The van der Waals surface area contributed by atoms with Crippen molar-refractivity contribution >= 4 is 21.6 Å². The molecule has 22 heavy (non-hydrogen) atoms. The Balaban J connectivity index is 2.07. The molecule has 0 saturated carbocycles. The van der Waals surface area contributed by atoms with Crippen molar-refractivity contribution in [2.24, 2.45) is 0 Å². The summed E-state index contributed by atoms with van der Waals surface area (Å²) in [5, 5.41) is 2.34. The fourth-order valence-corrected chi connectivity index (χ4v) is 2.98. The van der Waals surface area contributed by atoms with Gasteiger partial charge in [0, 0.05) is 0 Å². The molecule has 0 aromatic heterocycles. The van der Waals surface area contributed by atoms with Crippen LogP contribution in [0.15, 0.2) is 59.5 Å². The van der Waals surface area contributed by atoms with Gasteiger partial charge in [0.15, 0.2) is 0 Å². The van der Waals surface area contributed by atoms with Gasteiger partial charge in [-0.05, 0) is 31.2 Å². The van der Waals surface area contributed by atoms with Crippen molar-refractivity contribution in [2.45, 2.75) is 17.9 Å². The monoisotopic (exact) mass is 322 g/mol. The number of carbonyl (C=O) groups is 1. The van der Waals surface area contributed by atoms with Gasteiger partial charge >= 0.3 is 0 Å². The number of carbonyl (C=O) groups excluding carboxylic acids is 1. The van der Waals surface area contributed by atoms with Crippen molar-refractivity contribution in [1.29, 1.82) is 0 Å². The Kier molecular flexibility index (Phi) is 4.89. The van der Waals surface area contributed by atoms with Gasteiger partial charge in [0.05, 0.1) is 16.6 Å². The third-order valence-corrected chi connectivity index (χ3v) is 4.47. The van der Waals surface area contributed by atoms with Gasteiger partial charge < -0.3 is 5.32 Å². The molecule has 1 atom stereocenters. The molecule has 7 heteroatoms. The average Bonchev–Trinajstić information content (AvgIpc) is 2.50. The average molecular weight is 322 g/mol. The third-order valence-electron chi connectivity index (χ3n) is 2.91. The summed E-state index contributed by atoms with van der Waals surface area (Å²) in [5.41, 5.74) is -0.00161. The standard InChI is InChI=1S/C15H15FN2O3S/c1-11(15(19)17-14-10-6-5-9-13(14)16)18-22(20,21)12-7-3-2-4-8-12/h2-11,18H,1H3,(H,17,19). The van der Waals surface area contributed by atoms with E-state index >= 15 is 0 Å². The van der Waals surface area contributed by atoms with Crippen molar-refractivity contribution in [3.63, 3.8) is 0 Å². The van der Waals surface area contributed by atoms with Crippen LogP contribution in [-0.2, 0) is 14.8 Å². The van der Waals surface area contributed by atoms with Gasteiger partial charge in [-0.2, -0.15) is 4.72 Å². The summed E-state index contributed by atoms with van der Waals surface area (Å²) in [6.07, 6.45) is 0. The van der Waals surface area contributed by atoms with Crippen LogP contribution in [-0.4, -0.2) is 20.4 Å². The molecule has 0 fully saturated rings. The minimum atomic E-state index is -3.81. The van der Waals surface area contributed by atoms with Crippen LogP contribution < -0.4 is 10.0 Å². The van der Waals surface area contributed by atoms with Crippen molar-refractivity contribution < 1.29 is 17.6 Å². The highest BCUT2D eigenvalue weighted by Gasteiger charge is 2.22. The fourth-order valence-electron chi connectivity index (χ4n) is 1.76. The minimum Gasteiger partial charge on any atom is -0.322 e. The maximum atomic E-state index is 13.5. The van der Waals surface area contributed by atoms with E-state index in [-0.39, 0.29) is 10.6 Å². The zero-order valence-corrected chi connectivity index (χ0v) is 12.6. The first-order valence-electron chi connectivity index (χ1n) is 6.53. The number of hydrogen-bond acceptors (Lipinski definition) is 3. The first-order chi connectivity index (χ1) is 10.4. The molecule has 0 saturated heterocycles. The van der Waals surface area contributed by atoms with Crippen LogP contribution in [0.25, 0.3) is 0 Å². The summed E-state index contributed by atoms with van der Waals surface area (Å²) in [5.74, 6) is -1.24. The molecule has 2 aromatic carbocycles. The highest BCUT2D eigenvalue weighted by Crippen LogP contribution is 2.13. The summed E-state index contributed by atoms with van der Waals surface area (Å²) >= 11 is 0.